The summed E-state index contributed by atoms with van der Waals surface area (Å²) in [6.45, 7) is 4.97. The lowest BCUT2D eigenvalue weighted by atomic mass is 10.2. The van der Waals surface area contributed by atoms with E-state index in [1.54, 1.807) is 12.1 Å². The summed E-state index contributed by atoms with van der Waals surface area (Å²) in [6.07, 6.45) is 3.84. The zero-order chi connectivity index (χ0) is 24.0. The number of nitrogens with zero attached hydrogens (tertiary/aromatic N) is 3. The smallest absolute Gasteiger partial charge is 0.261 e. The van der Waals surface area contributed by atoms with Crippen LogP contribution >= 0.6 is 10.7 Å². The molecule has 0 unspecified atom stereocenters. The number of anilines is 1. The zero-order valence-electron chi connectivity index (χ0n) is 18.8. The number of aryl methyl sites for hydroxylation is 3. The minimum absolute atomic E-state index is 0.143. The third kappa shape index (κ3) is 6.01. The maximum Gasteiger partial charge on any atom is 0.261 e. The molecular weight excluding hydrogens is 460 g/mol. The lowest BCUT2D eigenvalue weighted by molar-refractivity contribution is 0.280. The lowest BCUT2D eigenvalue weighted by Crippen LogP contribution is -2.06. The summed E-state index contributed by atoms with van der Waals surface area (Å²) in [7, 11) is 1.54. The molecule has 9 heteroatoms. The van der Waals surface area contributed by atoms with Crippen molar-refractivity contribution in [2.75, 3.05) is 12.3 Å². The Balaban J connectivity index is 0.000000235. The molecule has 0 saturated heterocycles. The molecule has 0 radical (unpaired) electrons. The van der Waals surface area contributed by atoms with E-state index in [9.17, 15) is 13.5 Å². The first kappa shape index (κ1) is 25.0. The highest BCUT2D eigenvalue weighted by Crippen LogP contribution is 2.29. The number of nitrogens with two attached hydrogens (primary N) is 1. The minimum Gasteiger partial charge on any atom is -0.396 e. The number of para-hydroxylation sites is 1. The van der Waals surface area contributed by atoms with Gasteiger partial charge in [-0.2, -0.15) is 0 Å². The Kier molecular flexibility index (Phi) is 8.29. The van der Waals surface area contributed by atoms with Gasteiger partial charge in [-0.05, 0) is 38.0 Å². The topological polar surface area (TPSA) is 111 Å². The quantitative estimate of drug-likeness (QED) is 0.361. The summed E-state index contributed by atoms with van der Waals surface area (Å²) in [4.78, 5) is 9.36. The normalized spacial score (nSPS) is 11.5. The Hall–Kier alpha value is -2.68. The lowest BCUT2D eigenvalue weighted by Gasteiger charge is -2.10. The fraction of sp³-hybridized carbons (Fsp3) is 0.333. The number of nitrogen functional groups attached to an aromatic ring is 1. The Morgan fingerprint density at radius 3 is 2.39 bits per heavy atom. The molecule has 4 aromatic rings. The summed E-state index contributed by atoms with van der Waals surface area (Å²) >= 11 is 0. The molecule has 2 heterocycles. The second-order valence-corrected chi connectivity index (χ2v) is 10.4. The van der Waals surface area contributed by atoms with Crippen molar-refractivity contribution in [1.29, 1.82) is 0 Å². The van der Waals surface area contributed by atoms with Gasteiger partial charge in [0, 0.05) is 35.6 Å². The summed E-state index contributed by atoms with van der Waals surface area (Å²) in [5, 5.41) is 10.3. The van der Waals surface area contributed by atoms with Gasteiger partial charge in [0.2, 0.25) is 0 Å². The number of benzene rings is 2. The van der Waals surface area contributed by atoms with Crippen LogP contribution < -0.4 is 5.73 Å². The van der Waals surface area contributed by atoms with E-state index in [4.69, 9.17) is 21.4 Å². The molecule has 7 nitrogen and oxygen atoms in total. The largest absolute Gasteiger partial charge is 0.396 e. The van der Waals surface area contributed by atoms with Crippen LogP contribution in [0.2, 0.25) is 0 Å². The molecular formula is C24H29ClN4O3S. The molecule has 2 aromatic carbocycles. The monoisotopic (exact) mass is 488 g/mol. The van der Waals surface area contributed by atoms with Gasteiger partial charge < -0.3 is 15.4 Å². The Bertz CT molecular complexity index is 1340. The summed E-state index contributed by atoms with van der Waals surface area (Å²) in [5.74, 6) is 1.52. The van der Waals surface area contributed by atoms with Crippen LogP contribution in [0.4, 0.5) is 5.82 Å². The van der Waals surface area contributed by atoms with E-state index in [1.165, 1.54) is 12.1 Å². The predicted molar refractivity (Wildman–Crippen MR) is 134 cm³/mol. The minimum atomic E-state index is -3.55. The molecule has 0 aliphatic heterocycles. The van der Waals surface area contributed by atoms with Crippen molar-refractivity contribution in [3.8, 4) is 0 Å². The van der Waals surface area contributed by atoms with Crippen molar-refractivity contribution >= 4 is 47.5 Å². The number of imidazole rings is 1. The van der Waals surface area contributed by atoms with Crippen LogP contribution in [0.25, 0.3) is 21.9 Å². The van der Waals surface area contributed by atoms with Gasteiger partial charge in [0.25, 0.3) is 9.05 Å². The van der Waals surface area contributed by atoms with Crippen molar-refractivity contribution in [2.45, 2.75) is 51.0 Å². The molecule has 0 saturated carbocycles. The van der Waals surface area contributed by atoms with Crippen LogP contribution in [0.5, 0.6) is 0 Å². The molecule has 0 amide bonds. The standard InChI is InChI=1S/C17H22N4O.C7H7ClO2S/c1-2-3-9-14-20-15-16(21(14)10-6-11-22)12-7-4-5-8-13(12)19-17(15)18;1-6-2-4-7(5-3-6)11(8,9)10/h4-5,7-8,22H,2-3,6,9-11H2,1H3,(H2,18,19);2-5H,1H3. The maximum atomic E-state index is 10.7. The van der Waals surface area contributed by atoms with Crippen LogP contribution in [0.1, 0.15) is 37.6 Å². The van der Waals surface area contributed by atoms with Crippen LogP contribution in [-0.4, -0.2) is 34.7 Å². The summed E-state index contributed by atoms with van der Waals surface area (Å²) in [5.41, 5.74) is 9.85. The SMILES string of the molecule is CCCCc1nc2c(N)nc3ccccc3c2n1CCCO.Cc1ccc(S(=O)(=O)Cl)cc1. The highest BCUT2D eigenvalue weighted by Gasteiger charge is 2.16. The first-order valence-electron chi connectivity index (χ1n) is 10.9. The van der Waals surface area contributed by atoms with Crippen molar-refractivity contribution in [2.24, 2.45) is 0 Å². The molecule has 0 atom stereocenters. The van der Waals surface area contributed by atoms with Crippen LogP contribution in [0.15, 0.2) is 53.4 Å². The molecule has 4 rings (SSSR count). The zero-order valence-corrected chi connectivity index (χ0v) is 20.4. The van der Waals surface area contributed by atoms with Gasteiger partial charge in [0.1, 0.15) is 11.3 Å². The van der Waals surface area contributed by atoms with Gasteiger partial charge in [-0.3, -0.25) is 0 Å². The number of unbranched alkanes of at least 4 members (excludes halogenated alkanes) is 1. The van der Waals surface area contributed by atoms with Gasteiger partial charge in [-0.15, -0.1) is 0 Å². The number of fused-ring (bicyclic) bond motifs is 3. The number of aliphatic hydroxyl groups is 1. The molecule has 0 aliphatic carbocycles. The molecule has 0 bridgehead atoms. The number of rotatable bonds is 7. The highest BCUT2D eigenvalue weighted by atomic mass is 35.7. The second-order valence-electron chi connectivity index (χ2n) is 7.82. The Labute approximate surface area is 198 Å². The first-order valence-corrected chi connectivity index (χ1v) is 13.2. The van der Waals surface area contributed by atoms with E-state index in [0.717, 1.165) is 59.1 Å². The Morgan fingerprint density at radius 2 is 1.76 bits per heavy atom. The average molecular weight is 489 g/mol. The second kappa shape index (κ2) is 11.0. The summed E-state index contributed by atoms with van der Waals surface area (Å²) in [6, 6.07) is 14.4. The third-order valence-electron chi connectivity index (χ3n) is 5.29. The van der Waals surface area contributed by atoms with Crippen LogP contribution in [0, 0.1) is 6.92 Å². The van der Waals surface area contributed by atoms with Crippen molar-refractivity contribution < 1.29 is 13.5 Å². The van der Waals surface area contributed by atoms with Crippen molar-refractivity contribution in [3.05, 3.63) is 59.9 Å². The van der Waals surface area contributed by atoms with E-state index in [0.29, 0.717) is 12.2 Å². The molecule has 0 aliphatic rings. The fourth-order valence-corrected chi connectivity index (χ4v) is 4.37. The number of aliphatic hydroxyl groups excluding tert-OH is 1. The number of aromatic nitrogens is 3. The summed E-state index contributed by atoms with van der Waals surface area (Å²) < 4.78 is 23.6. The molecule has 3 N–H and O–H groups in total. The van der Waals surface area contributed by atoms with Gasteiger partial charge in [-0.1, -0.05) is 49.2 Å². The average Bonchev–Trinajstić information content (AvgIpc) is 3.15. The molecule has 2 aromatic heterocycles. The number of hydrogen-bond donors (Lipinski definition) is 2. The van der Waals surface area contributed by atoms with Gasteiger partial charge in [0.05, 0.1) is 15.9 Å². The maximum absolute atomic E-state index is 10.7. The van der Waals surface area contributed by atoms with Crippen LogP contribution in [0.3, 0.4) is 0 Å². The molecule has 176 valence electrons. The van der Waals surface area contributed by atoms with Gasteiger partial charge >= 0.3 is 0 Å². The van der Waals surface area contributed by atoms with E-state index >= 15 is 0 Å². The number of halogens is 1. The van der Waals surface area contributed by atoms with Crippen LogP contribution in [-0.2, 0) is 22.0 Å². The van der Waals surface area contributed by atoms with Crippen molar-refractivity contribution in [3.63, 3.8) is 0 Å². The predicted octanol–water partition coefficient (Wildman–Crippen LogP) is 4.81. The van der Waals surface area contributed by atoms with E-state index in [1.807, 2.05) is 25.1 Å². The Morgan fingerprint density at radius 1 is 1.06 bits per heavy atom. The van der Waals surface area contributed by atoms with Gasteiger partial charge in [0.15, 0.2) is 5.82 Å². The van der Waals surface area contributed by atoms with Crippen molar-refractivity contribution in [1.82, 2.24) is 14.5 Å². The highest BCUT2D eigenvalue weighted by molar-refractivity contribution is 8.13. The fourth-order valence-electron chi connectivity index (χ4n) is 3.60. The first-order chi connectivity index (χ1) is 15.8. The third-order valence-corrected chi connectivity index (χ3v) is 6.66. The number of pyridine rings is 1. The van der Waals surface area contributed by atoms with Gasteiger partial charge in [-0.25, -0.2) is 18.4 Å². The van der Waals surface area contributed by atoms with E-state index in [2.05, 4.69) is 22.5 Å². The molecule has 0 spiro atoms. The van der Waals surface area contributed by atoms with E-state index < -0.39 is 9.05 Å². The number of hydrogen-bond acceptors (Lipinski definition) is 6. The molecule has 0 fully saturated rings. The molecule has 33 heavy (non-hydrogen) atoms. The van der Waals surface area contributed by atoms with E-state index in [-0.39, 0.29) is 11.5 Å².